The number of nitrogens with zero attached hydrogens (tertiary/aromatic N) is 6. The summed E-state index contributed by atoms with van der Waals surface area (Å²) >= 11 is 1.93. The average molecular weight is 1950 g/mol. The largest absolute Gasteiger partial charge is 0.458 e. The number of hydrogen-bond donors (Lipinski definition) is 0. The molecule has 0 bridgehead atoms. The molecule has 0 saturated heterocycles. The zero-order valence-corrected chi connectivity index (χ0v) is 87.7. The van der Waals surface area contributed by atoms with Gasteiger partial charge < -0.3 is 24.3 Å². The van der Waals surface area contributed by atoms with E-state index in [2.05, 4.69) is 525 Å². The lowest BCUT2D eigenvalue weighted by atomic mass is 9.34. The molecule has 0 atom stereocenters. The van der Waals surface area contributed by atoms with Crippen LogP contribution in [0.3, 0.4) is 0 Å². The molecule has 724 valence electrons. The van der Waals surface area contributed by atoms with Crippen LogP contribution in [0.5, 0.6) is 11.5 Å². The van der Waals surface area contributed by atoms with Crippen LogP contribution in [0.25, 0.3) is 0 Å². The zero-order valence-electron chi connectivity index (χ0n) is 86.8. The minimum absolute atomic E-state index is 0.00765. The lowest BCUT2D eigenvalue weighted by molar-refractivity contribution is 0.487. The summed E-state index contributed by atoms with van der Waals surface area (Å²) in [5.74, 6) is 4.14. The van der Waals surface area contributed by atoms with E-state index in [1.807, 2.05) is 48.7 Å². The highest BCUT2D eigenvalue weighted by molar-refractivity contribution is 8.00. The first-order chi connectivity index (χ1) is 73.4. The molecule has 8 heterocycles. The van der Waals surface area contributed by atoms with Gasteiger partial charge in [-0.25, -0.2) is 0 Å². The van der Waals surface area contributed by atoms with Gasteiger partial charge in [0, 0.05) is 39.6 Å². The summed E-state index contributed by atoms with van der Waals surface area (Å²) in [6.07, 6.45) is 7.68. The van der Waals surface area contributed by atoms with Gasteiger partial charge in [-0.3, -0.25) is 9.97 Å². The van der Waals surface area contributed by atoms with Gasteiger partial charge in [0.2, 0.25) is 6.71 Å². The van der Waals surface area contributed by atoms with Crippen molar-refractivity contribution < 1.29 is 4.74 Å². The van der Waals surface area contributed by atoms with Crippen LogP contribution >= 0.6 is 11.8 Å². The number of fused-ring (bicyclic) bond motifs is 32. The lowest BCUT2D eigenvalue weighted by Gasteiger charge is -2.56. The maximum absolute atomic E-state index is 7.13. The van der Waals surface area contributed by atoms with Crippen LogP contribution < -0.4 is 57.1 Å². The van der Waals surface area contributed by atoms with Gasteiger partial charge in [0.1, 0.15) is 11.5 Å². The van der Waals surface area contributed by atoms with Crippen LogP contribution in [0, 0.1) is 0 Å². The Labute approximate surface area is 887 Å². The van der Waals surface area contributed by atoms with E-state index in [9.17, 15) is 0 Å². The van der Waals surface area contributed by atoms with Gasteiger partial charge in [-0.2, -0.15) is 0 Å². The third-order valence-corrected chi connectivity index (χ3v) is 35.3. The molecule has 2 aromatic heterocycles. The van der Waals surface area contributed by atoms with E-state index in [0.29, 0.717) is 35.5 Å². The average Bonchev–Trinajstić information content (AvgIpc) is 0.654. The molecule has 0 fully saturated rings. The molecular weight excluding hydrogens is 1840 g/mol. The van der Waals surface area contributed by atoms with Crippen LogP contribution in [0.1, 0.15) is 241 Å². The first kappa shape index (κ1) is 92.4. The van der Waals surface area contributed by atoms with Gasteiger partial charge in [0.05, 0.1) is 90.9 Å². The Morgan fingerprint density at radius 1 is 0.213 bits per heavy atom. The molecular formula is C140H116B2N6OS. The number of para-hydroxylation sites is 9. The zero-order chi connectivity index (χ0) is 101. The van der Waals surface area contributed by atoms with Crippen molar-refractivity contribution in [3.8, 4) is 11.5 Å². The van der Waals surface area contributed by atoms with Gasteiger partial charge in [0.25, 0.3) is 6.71 Å². The van der Waals surface area contributed by atoms with Crippen molar-refractivity contribution in [3.63, 3.8) is 0 Å². The molecule has 0 amide bonds. The summed E-state index contributed by atoms with van der Waals surface area (Å²) in [6, 6.07) is 161. The van der Waals surface area contributed by atoms with E-state index in [-0.39, 0.29) is 13.4 Å². The molecule has 7 nitrogen and oxygen atoms in total. The van der Waals surface area contributed by atoms with E-state index in [0.717, 1.165) is 68.4 Å². The number of ether oxygens (including phenoxy) is 1. The predicted octanol–water partition coefficient (Wildman–Crippen LogP) is 31.8. The molecule has 10 heteroatoms. The first-order valence-electron chi connectivity index (χ1n) is 53.8. The lowest BCUT2D eigenvalue weighted by Crippen LogP contribution is -2.57. The molecule has 28 rings (SSSR count). The quantitative estimate of drug-likeness (QED) is 0.112. The highest BCUT2D eigenvalue weighted by atomic mass is 32.2. The number of rotatable bonds is 12. The number of anilines is 12. The Morgan fingerprint density at radius 3 is 0.760 bits per heavy atom. The normalized spacial score (nSPS) is 14.9. The van der Waals surface area contributed by atoms with Gasteiger partial charge in [-0.05, 0) is 272 Å². The molecule has 0 radical (unpaired) electrons. The number of pyridine rings is 2. The summed E-state index contributed by atoms with van der Waals surface area (Å²) in [7, 11) is 0. The van der Waals surface area contributed by atoms with Crippen LogP contribution in [-0.2, 0) is 21.7 Å². The smallest absolute Gasteiger partial charge is 0.251 e. The van der Waals surface area contributed by atoms with Crippen LogP contribution in [-0.4, -0.2) is 23.4 Å². The van der Waals surface area contributed by atoms with Gasteiger partial charge in [0.15, 0.2) is 0 Å². The number of hydrogen-bond acceptors (Lipinski definition) is 8. The fraction of sp³-hybridized carbons (Fsp3) is 0.157. The second kappa shape index (κ2) is 35.8. The second-order valence-electron chi connectivity index (χ2n) is 43.8. The summed E-state index contributed by atoms with van der Waals surface area (Å²) in [5, 5.41) is 0. The van der Waals surface area contributed by atoms with Crippen molar-refractivity contribution in [1.29, 1.82) is 0 Å². The van der Waals surface area contributed by atoms with Crippen LogP contribution in [0.15, 0.2) is 459 Å². The molecule has 4 spiro atoms. The number of benzene rings is 18. The monoisotopic (exact) mass is 1950 g/mol. The molecule has 20 aromatic rings. The van der Waals surface area contributed by atoms with Crippen molar-refractivity contribution in [1.82, 2.24) is 9.97 Å². The van der Waals surface area contributed by atoms with Crippen LogP contribution in [0.2, 0.25) is 0 Å². The van der Waals surface area contributed by atoms with E-state index >= 15 is 0 Å². The Balaban J connectivity index is 0.000000148. The molecule has 150 heavy (non-hydrogen) atoms. The highest BCUT2D eigenvalue weighted by Crippen LogP contribution is 2.71. The fourth-order valence-electron chi connectivity index (χ4n) is 28.0. The Kier molecular flexibility index (Phi) is 22.0. The van der Waals surface area contributed by atoms with Gasteiger partial charge in [-0.1, -0.05) is 432 Å². The molecule has 0 N–H and O–H groups in total. The molecule has 2 aliphatic carbocycles. The topological polar surface area (TPSA) is 48.0 Å². The molecule has 18 aromatic carbocycles. The molecule has 8 aliphatic rings. The van der Waals surface area contributed by atoms with Crippen LogP contribution in [0.4, 0.5) is 68.2 Å². The Morgan fingerprint density at radius 2 is 0.460 bits per heavy atom. The minimum atomic E-state index is -0.691. The van der Waals surface area contributed by atoms with Crippen molar-refractivity contribution in [3.05, 3.63) is 572 Å². The fourth-order valence-corrected chi connectivity index (χ4v) is 29.2. The number of aromatic nitrogens is 2. The van der Waals surface area contributed by atoms with E-state index < -0.39 is 21.7 Å². The molecule has 6 aliphatic heterocycles. The van der Waals surface area contributed by atoms with Crippen molar-refractivity contribution in [2.75, 3.05) is 19.6 Å². The molecule has 0 saturated carbocycles. The second-order valence-corrected chi connectivity index (χ2v) is 44.9. The van der Waals surface area contributed by atoms with Crippen molar-refractivity contribution >= 4 is 126 Å². The van der Waals surface area contributed by atoms with Crippen molar-refractivity contribution in [2.24, 2.45) is 0 Å². The van der Waals surface area contributed by atoms with E-state index in [1.54, 1.807) is 0 Å². The standard InChI is InChI=1S/C70H58BN3O.C70H58BN3S/c2*1-44(2)47-40-50(45(3)4)68(51(41-47)46(5)6)71-60-31-15-20-36-66(60)75-67-42-48(37-38-61(67)71)73-62-32-16-11-27-56(62)69(57-28-12-17-33-63(57)73)52-23-7-9-25-54(52)70(55-26-10-8-24-53(55)69)58-29-13-18-34-64(58)74(49-22-21-39-72-43-49)65-35-19-14-30-59(65)70/h2*7-46H,1-6H3. The van der Waals surface area contributed by atoms with E-state index in [4.69, 9.17) is 4.74 Å². The molecule has 0 unspecified atom stereocenters. The minimum Gasteiger partial charge on any atom is -0.458 e. The predicted molar refractivity (Wildman–Crippen MR) is 626 cm³/mol. The summed E-state index contributed by atoms with van der Waals surface area (Å²) < 4.78 is 7.13. The third kappa shape index (κ3) is 13.3. The maximum atomic E-state index is 7.13. The first-order valence-corrected chi connectivity index (χ1v) is 54.6. The SMILES string of the molecule is CC(C)c1cc(C(C)C)c(B2c3ccccc3Oc3cc(N4c5ccccc5C5(c6ccccc64)c4ccccc4C4(c6ccccc6N(c6cccnc6)c6ccccc64)c4ccccc45)ccc32)c(C(C)C)c1.CC(C)c1cc(C(C)C)c(B2c3ccccc3Sc3cc(N4c5ccccc5C5(c6ccccc64)c4ccccc4C4(c6ccccc6N(c6cccnc6)c6ccccc64)c4ccccc45)ccc32)c(C(C)C)c1. The van der Waals surface area contributed by atoms with E-state index in [1.165, 1.54) is 176 Å². The summed E-state index contributed by atoms with van der Waals surface area (Å²) in [5.41, 5.74) is 48.0. The summed E-state index contributed by atoms with van der Waals surface area (Å²) in [6.45, 7) is 28.4. The van der Waals surface area contributed by atoms with Crippen molar-refractivity contribution in [2.45, 2.75) is 150 Å². The van der Waals surface area contributed by atoms with Gasteiger partial charge >= 0.3 is 0 Å². The third-order valence-electron chi connectivity index (χ3n) is 34.1. The Hall–Kier alpha value is -16.3. The van der Waals surface area contributed by atoms with Gasteiger partial charge in [-0.15, -0.1) is 0 Å². The maximum Gasteiger partial charge on any atom is 0.251 e. The highest BCUT2D eigenvalue weighted by Gasteiger charge is 2.62. The Bertz CT molecular complexity index is 7980. The summed E-state index contributed by atoms with van der Waals surface area (Å²) in [4.78, 5) is 21.8.